The van der Waals surface area contributed by atoms with Crippen LogP contribution in [-0.4, -0.2) is 26.9 Å². The fourth-order valence-electron chi connectivity index (χ4n) is 3.36. The summed E-state index contributed by atoms with van der Waals surface area (Å²) in [6, 6.07) is 18.6. The van der Waals surface area contributed by atoms with Crippen LogP contribution in [0, 0.1) is 6.92 Å². The zero-order valence-corrected chi connectivity index (χ0v) is 15.6. The highest BCUT2D eigenvalue weighted by Gasteiger charge is 2.08. The van der Waals surface area contributed by atoms with Crippen molar-refractivity contribution in [3.05, 3.63) is 89.9 Å². The van der Waals surface area contributed by atoms with E-state index in [-0.39, 0.29) is 0 Å². The Hall–Kier alpha value is -3.11. The summed E-state index contributed by atoms with van der Waals surface area (Å²) < 4.78 is 0. The predicted octanol–water partition coefficient (Wildman–Crippen LogP) is 4.63. The van der Waals surface area contributed by atoms with Gasteiger partial charge in [0, 0.05) is 48.2 Å². The normalized spacial score (nSPS) is 11.2. The highest BCUT2D eigenvalue weighted by molar-refractivity contribution is 5.81. The molecular formula is C23H22N4. The Kier molecular flexibility index (Phi) is 4.90. The second kappa shape index (κ2) is 7.64. The van der Waals surface area contributed by atoms with Crippen LogP contribution in [0.4, 0.5) is 0 Å². The van der Waals surface area contributed by atoms with Gasteiger partial charge in [0.15, 0.2) is 5.82 Å². The van der Waals surface area contributed by atoms with Crippen molar-refractivity contribution in [2.45, 2.75) is 20.0 Å². The summed E-state index contributed by atoms with van der Waals surface area (Å²) in [7, 11) is 2.12. The lowest BCUT2D eigenvalue weighted by molar-refractivity contribution is 0.319. The third kappa shape index (κ3) is 3.86. The average molecular weight is 354 g/mol. The predicted molar refractivity (Wildman–Crippen MR) is 109 cm³/mol. The van der Waals surface area contributed by atoms with Gasteiger partial charge < -0.3 is 0 Å². The van der Waals surface area contributed by atoms with Crippen molar-refractivity contribution < 1.29 is 0 Å². The van der Waals surface area contributed by atoms with E-state index in [1.165, 1.54) is 16.5 Å². The smallest absolute Gasteiger partial charge is 0.159 e. The maximum atomic E-state index is 4.57. The second-order valence-corrected chi connectivity index (χ2v) is 6.89. The fourth-order valence-corrected chi connectivity index (χ4v) is 3.36. The number of aromatic nitrogens is 3. The summed E-state index contributed by atoms with van der Waals surface area (Å²) in [6.07, 6.45) is 5.69. The van der Waals surface area contributed by atoms with Crippen LogP contribution in [0.5, 0.6) is 0 Å². The van der Waals surface area contributed by atoms with Gasteiger partial charge in [-0.3, -0.25) is 9.88 Å². The Labute approximate surface area is 159 Å². The quantitative estimate of drug-likeness (QED) is 0.524. The third-order valence-electron chi connectivity index (χ3n) is 4.72. The molecule has 0 aliphatic rings. The van der Waals surface area contributed by atoms with Gasteiger partial charge in [-0.25, -0.2) is 9.97 Å². The maximum absolute atomic E-state index is 4.57. The van der Waals surface area contributed by atoms with Crippen LogP contribution in [0.2, 0.25) is 0 Å². The molecule has 0 aliphatic carbocycles. The van der Waals surface area contributed by atoms with E-state index in [1.807, 2.05) is 36.8 Å². The van der Waals surface area contributed by atoms with Crippen LogP contribution in [-0.2, 0) is 13.1 Å². The molecule has 0 fully saturated rings. The van der Waals surface area contributed by atoms with Gasteiger partial charge in [0.05, 0.1) is 5.52 Å². The summed E-state index contributed by atoms with van der Waals surface area (Å²) in [6.45, 7) is 3.73. The van der Waals surface area contributed by atoms with Crippen molar-refractivity contribution in [3.8, 4) is 11.4 Å². The van der Waals surface area contributed by atoms with E-state index >= 15 is 0 Å². The Bertz CT molecular complexity index is 1050. The molecule has 0 aliphatic heterocycles. The third-order valence-corrected chi connectivity index (χ3v) is 4.72. The molecule has 2 aromatic carbocycles. The number of pyridine rings is 1. The van der Waals surface area contributed by atoms with Gasteiger partial charge in [0.2, 0.25) is 0 Å². The minimum atomic E-state index is 0.777. The zero-order valence-electron chi connectivity index (χ0n) is 15.6. The summed E-state index contributed by atoms with van der Waals surface area (Å²) in [5, 5.41) is 1.21. The molecule has 0 spiro atoms. The van der Waals surface area contributed by atoms with Crippen molar-refractivity contribution in [2.75, 3.05) is 7.05 Å². The van der Waals surface area contributed by atoms with E-state index in [4.69, 9.17) is 0 Å². The molecule has 0 atom stereocenters. The zero-order chi connectivity index (χ0) is 18.6. The molecule has 0 N–H and O–H groups in total. The van der Waals surface area contributed by atoms with E-state index in [2.05, 4.69) is 70.2 Å². The number of nitrogens with zero attached hydrogens (tertiary/aromatic N) is 4. The van der Waals surface area contributed by atoms with E-state index < -0.39 is 0 Å². The number of aryl methyl sites for hydroxylation is 1. The lowest BCUT2D eigenvalue weighted by Crippen LogP contribution is -2.17. The van der Waals surface area contributed by atoms with Crippen molar-refractivity contribution in [3.63, 3.8) is 0 Å². The Morgan fingerprint density at radius 3 is 2.44 bits per heavy atom. The molecule has 2 aromatic heterocycles. The van der Waals surface area contributed by atoms with Crippen LogP contribution in [0.3, 0.4) is 0 Å². The first-order chi connectivity index (χ1) is 13.2. The van der Waals surface area contributed by atoms with Crippen molar-refractivity contribution in [1.29, 1.82) is 0 Å². The molecule has 0 radical (unpaired) electrons. The van der Waals surface area contributed by atoms with Gasteiger partial charge in [0.1, 0.15) is 0 Å². The minimum Gasteiger partial charge on any atom is -0.298 e. The van der Waals surface area contributed by atoms with Crippen molar-refractivity contribution >= 4 is 10.9 Å². The molecule has 4 nitrogen and oxygen atoms in total. The molecule has 134 valence electrons. The van der Waals surface area contributed by atoms with Crippen LogP contribution in [0.15, 0.2) is 73.2 Å². The molecule has 0 saturated heterocycles. The number of hydrogen-bond acceptors (Lipinski definition) is 4. The SMILES string of the molecule is Cc1ccccc1-c1ncc(CN(C)Cc2cccc3ncccc23)cn1. The van der Waals surface area contributed by atoms with Crippen molar-refractivity contribution in [1.82, 2.24) is 19.9 Å². The van der Waals surface area contributed by atoms with Crippen LogP contribution in [0.1, 0.15) is 16.7 Å². The summed E-state index contributed by atoms with van der Waals surface area (Å²) >= 11 is 0. The summed E-state index contributed by atoms with van der Waals surface area (Å²) in [5.41, 5.74) is 5.69. The monoisotopic (exact) mass is 354 g/mol. The standard InChI is InChI=1S/C23H22N4/c1-17-7-3-4-9-20(17)23-25-13-18(14-26-23)15-27(2)16-19-8-5-11-22-21(19)10-6-12-24-22/h3-14H,15-16H2,1-2H3. The highest BCUT2D eigenvalue weighted by atomic mass is 15.1. The molecule has 0 amide bonds. The van der Waals surface area contributed by atoms with Gasteiger partial charge in [-0.1, -0.05) is 42.5 Å². The molecular weight excluding hydrogens is 332 g/mol. The second-order valence-electron chi connectivity index (χ2n) is 6.89. The number of fused-ring (bicyclic) bond motifs is 1. The van der Waals surface area contributed by atoms with Gasteiger partial charge in [-0.05, 0) is 37.2 Å². The van der Waals surface area contributed by atoms with Gasteiger partial charge in [0.25, 0.3) is 0 Å². The first-order valence-corrected chi connectivity index (χ1v) is 9.09. The fraction of sp³-hybridized carbons (Fsp3) is 0.174. The summed E-state index contributed by atoms with van der Waals surface area (Å²) in [4.78, 5) is 15.9. The molecule has 4 heteroatoms. The molecule has 0 bridgehead atoms. The van der Waals surface area contributed by atoms with Crippen molar-refractivity contribution in [2.24, 2.45) is 0 Å². The topological polar surface area (TPSA) is 41.9 Å². The van der Waals surface area contributed by atoms with Crippen LogP contribution in [0.25, 0.3) is 22.3 Å². The van der Waals surface area contributed by atoms with E-state index in [9.17, 15) is 0 Å². The molecule has 4 aromatic rings. The average Bonchev–Trinajstić information content (AvgIpc) is 2.69. The Balaban J connectivity index is 1.48. The van der Waals surface area contributed by atoms with Gasteiger partial charge >= 0.3 is 0 Å². The van der Waals surface area contributed by atoms with Crippen LogP contribution >= 0.6 is 0 Å². The molecule has 2 heterocycles. The van der Waals surface area contributed by atoms with Crippen LogP contribution < -0.4 is 0 Å². The maximum Gasteiger partial charge on any atom is 0.159 e. The summed E-state index contributed by atoms with van der Waals surface area (Å²) in [5.74, 6) is 0.777. The molecule has 27 heavy (non-hydrogen) atoms. The van der Waals surface area contributed by atoms with Gasteiger partial charge in [-0.15, -0.1) is 0 Å². The number of rotatable bonds is 5. The van der Waals surface area contributed by atoms with E-state index in [0.29, 0.717) is 0 Å². The van der Waals surface area contributed by atoms with E-state index in [1.54, 1.807) is 0 Å². The highest BCUT2D eigenvalue weighted by Crippen LogP contribution is 2.20. The van der Waals surface area contributed by atoms with E-state index in [0.717, 1.165) is 35.6 Å². The molecule has 4 rings (SSSR count). The largest absolute Gasteiger partial charge is 0.298 e. The Morgan fingerprint density at radius 1 is 0.815 bits per heavy atom. The molecule has 0 saturated carbocycles. The first kappa shape index (κ1) is 17.3. The minimum absolute atomic E-state index is 0.777. The first-order valence-electron chi connectivity index (χ1n) is 9.09. The van der Waals surface area contributed by atoms with Gasteiger partial charge in [-0.2, -0.15) is 0 Å². The lowest BCUT2D eigenvalue weighted by Gasteiger charge is -2.17. The lowest BCUT2D eigenvalue weighted by atomic mass is 10.1. The molecule has 0 unspecified atom stereocenters. The number of hydrogen-bond donors (Lipinski definition) is 0. The number of benzene rings is 2. The Morgan fingerprint density at radius 2 is 1.63 bits per heavy atom.